The molecule has 2 aliphatic heterocycles. The summed E-state index contributed by atoms with van der Waals surface area (Å²) in [6.07, 6.45) is 4.55. The highest BCUT2D eigenvalue weighted by molar-refractivity contribution is 6.30. The minimum atomic E-state index is 0.0870. The molecule has 2 saturated heterocycles. The van der Waals surface area contributed by atoms with Crippen LogP contribution in [0.1, 0.15) is 36.0 Å². The average molecular weight is 395 g/mol. The summed E-state index contributed by atoms with van der Waals surface area (Å²) < 4.78 is 11.0. The second-order valence-corrected chi connectivity index (χ2v) is 8.07. The van der Waals surface area contributed by atoms with Crippen molar-refractivity contribution in [3.05, 3.63) is 34.9 Å². The molecule has 1 amide bonds. The minimum absolute atomic E-state index is 0.0870. The lowest BCUT2D eigenvalue weighted by molar-refractivity contribution is 0.0437. The Morgan fingerprint density at radius 2 is 1.96 bits per heavy atom. The van der Waals surface area contributed by atoms with Crippen molar-refractivity contribution in [1.82, 2.24) is 9.80 Å². The molecule has 6 heteroatoms. The average Bonchev–Trinajstić information content (AvgIpc) is 3.20. The van der Waals surface area contributed by atoms with Gasteiger partial charge in [-0.05, 0) is 69.0 Å². The summed E-state index contributed by atoms with van der Waals surface area (Å²) >= 11 is 5.98. The van der Waals surface area contributed by atoms with Crippen molar-refractivity contribution >= 4 is 17.5 Å². The zero-order valence-electron chi connectivity index (χ0n) is 16.2. The molecule has 2 heterocycles. The van der Waals surface area contributed by atoms with Gasteiger partial charge in [0.1, 0.15) is 0 Å². The number of hydrogen-bond donors (Lipinski definition) is 0. The van der Waals surface area contributed by atoms with Gasteiger partial charge < -0.3 is 19.3 Å². The topological polar surface area (TPSA) is 42.0 Å². The van der Waals surface area contributed by atoms with Crippen LogP contribution in [0.2, 0.25) is 5.02 Å². The van der Waals surface area contributed by atoms with Gasteiger partial charge in [0.15, 0.2) is 0 Å². The molecule has 0 radical (unpaired) electrons. The second kappa shape index (κ2) is 10.4. The predicted molar refractivity (Wildman–Crippen MR) is 107 cm³/mol. The van der Waals surface area contributed by atoms with Crippen LogP contribution in [0.15, 0.2) is 24.3 Å². The fourth-order valence-electron chi connectivity index (χ4n) is 3.97. The van der Waals surface area contributed by atoms with E-state index in [0.29, 0.717) is 23.0 Å². The Balaban J connectivity index is 1.60. The Morgan fingerprint density at radius 3 is 2.59 bits per heavy atom. The van der Waals surface area contributed by atoms with Gasteiger partial charge in [-0.3, -0.25) is 4.79 Å². The highest BCUT2D eigenvalue weighted by Gasteiger charge is 2.27. The summed E-state index contributed by atoms with van der Waals surface area (Å²) in [4.78, 5) is 17.6. The third-order valence-corrected chi connectivity index (χ3v) is 5.88. The monoisotopic (exact) mass is 394 g/mol. The first-order valence-electron chi connectivity index (χ1n) is 10.0. The Morgan fingerprint density at radius 1 is 1.22 bits per heavy atom. The number of rotatable bonds is 8. The highest BCUT2D eigenvalue weighted by atomic mass is 35.5. The first kappa shape index (κ1) is 20.6. The third-order valence-electron chi connectivity index (χ3n) is 5.62. The van der Waals surface area contributed by atoms with Crippen LogP contribution >= 0.6 is 11.6 Å². The van der Waals surface area contributed by atoms with Gasteiger partial charge in [-0.1, -0.05) is 11.6 Å². The second-order valence-electron chi connectivity index (χ2n) is 7.63. The molecule has 150 valence electrons. The molecule has 27 heavy (non-hydrogen) atoms. The molecule has 2 aliphatic rings. The van der Waals surface area contributed by atoms with E-state index in [0.717, 1.165) is 65.1 Å². The number of nitrogens with zero attached hydrogens (tertiary/aromatic N) is 2. The summed E-state index contributed by atoms with van der Waals surface area (Å²) in [5.74, 6) is 0.630. The van der Waals surface area contributed by atoms with Gasteiger partial charge in [0.05, 0.1) is 12.7 Å². The van der Waals surface area contributed by atoms with Crippen molar-refractivity contribution in [1.29, 1.82) is 0 Å². The third kappa shape index (κ3) is 6.18. The lowest BCUT2D eigenvalue weighted by Gasteiger charge is -2.35. The van der Waals surface area contributed by atoms with Crippen LogP contribution in [-0.2, 0) is 9.47 Å². The van der Waals surface area contributed by atoms with Crippen LogP contribution in [-0.4, -0.2) is 74.9 Å². The Hall–Kier alpha value is -1.14. The van der Waals surface area contributed by atoms with E-state index in [1.165, 1.54) is 0 Å². The number of amides is 1. The van der Waals surface area contributed by atoms with Crippen LogP contribution in [0.25, 0.3) is 0 Å². The molecule has 5 nitrogen and oxygen atoms in total. The van der Waals surface area contributed by atoms with Crippen molar-refractivity contribution < 1.29 is 14.3 Å². The van der Waals surface area contributed by atoms with Crippen molar-refractivity contribution in [3.63, 3.8) is 0 Å². The van der Waals surface area contributed by atoms with Crippen molar-refractivity contribution in [3.8, 4) is 0 Å². The van der Waals surface area contributed by atoms with Gasteiger partial charge in [-0.25, -0.2) is 0 Å². The van der Waals surface area contributed by atoms with E-state index < -0.39 is 0 Å². The number of carbonyl (C=O) groups excluding carboxylic acids is 1. The Kier molecular flexibility index (Phi) is 7.94. The maximum absolute atomic E-state index is 13.1. The fraction of sp³-hybridized carbons (Fsp3) is 0.667. The quantitative estimate of drug-likeness (QED) is 0.678. The lowest BCUT2D eigenvalue weighted by Crippen LogP contribution is -2.44. The Bertz CT molecular complexity index is 582. The van der Waals surface area contributed by atoms with E-state index in [2.05, 4.69) is 4.90 Å². The molecule has 1 atom stereocenters. The van der Waals surface area contributed by atoms with Gasteiger partial charge in [0.25, 0.3) is 5.91 Å². The van der Waals surface area contributed by atoms with Crippen molar-refractivity contribution in [2.24, 2.45) is 5.92 Å². The number of hydrogen-bond acceptors (Lipinski definition) is 4. The van der Waals surface area contributed by atoms with E-state index >= 15 is 0 Å². The molecule has 0 unspecified atom stereocenters. The minimum Gasteiger partial charge on any atom is -0.383 e. The van der Waals surface area contributed by atoms with Gasteiger partial charge >= 0.3 is 0 Å². The van der Waals surface area contributed by atoms with E-state index in [1.807, 2.05) is 17.0 Å². The molecular formula is C21H31ClN2O3. The zero-order valence-corrected chi connectivity index (χ0v) is 17.0. The van der Waals surface area contributed by atoms with Gasteiger partial charge in [-0.2, -0.15) is 0 Å². The number of benzene rings is 1. The molecule has 0 aliphatic carbocycles. The number of piperidine rings is 1. The number of likely N-dealkylation sites (tertiary alicyclic amines) is 1. The molecule has 1 aromatic rings. The number of methoxy groups -OCH3 is 1. The highest BCUT2D eigenvalue weighted by Crippen LogP contribution is 2.22. The lowest BCUT2D eigenvalue weighted by atomic mass is 9.95. The maximum Gasteiger partial charge on any atom is 0.253 e. The van der Waals surface area contributed by atoms with Gasteiger partial charge in [0, 0.05) is 43.9 Å². The maximum atomic E-state index is 13.1. The molecule has 0 aromatic heterocycles. The summed E-state index contributed by atoms with van der Waals surface area (Å²) in [6.45, 7) is 6.24. The van der Waals surface area contributed by atoms with Gasteiger partial charge in [0.2, 0.25) is 0 Å². The van der Waals surface area contributed by atoms with E-state index in [9.17, 15) is 4.79 Å². The fourth-order valence-corrected chi connectivity index (χ4v) is 4.10. The molecule has 0 saturated carbocycles. The van der Waals surface area contributed by atoms with Crippen LogP contribution in [0, 0.1) is 5.92 Å². The standard InChI is InChI=1S/C21H31ClN2O3/c1-26-14-12-23-10-8-17(9-11-23)15-24(16-20-3-2-13-27-20)21(25)18-4-6-19(22)7-5-18/h4-7,17,20H,2-3,8-16H2,1H3/t20-/m0/s1. The largest absolute Gasteiger partial charge is 0.383 e. The normalized spacial score (nSPS) is 21.5. The molecule has 0 bridgehead atoms. The Labute approximate surface area is 167 Å². The first-order valence-corrected chi connectivity index (χ1v) is 10.4. The SMILES string of the molecule is COCCN1CCC(CN(C[C@@H]2CCCO2)C(=O)c2ccc(Cl)cc2)CC1. The summed E-state index contributed by atoms with van der Waals surface area (Å²) in [6, 6.07) is 7.21. The predicted octanol–water partition coefficient (Wildman–Crippen LogP) is 3.32. The van der Waals surface area contributed by atoms with Crippen molar-refractivity contribution in [2.75, 3.05) is 53.0 Å². The van der Waals surface area contributed by atoms with Crippen LogP contribution in [0.5, 0.6) is 0 Å². The van der Waals surface area contributed by atoms with Crippen molar-refractivity contribution in [2.45, 2.75) is 31.8 Å². The molecular weight excluding hydrogens is 364 g/mol. The summed E-state index contributed by atoms with van der Waals surface area (Å²) in [5, 5.41) is 0.653. The smallest absolute Gasteiger partial charge is 0.253 e. The van der Waals surface area contributed by atoms with Crippen LogP contribution < -0.4 is 0 Å². The van der Waals surface area contributed by atoms with Gasteiger partial charge in [-0.15, -0.1) is 0 Å². The number of ether oxygens (including phenoxy) is 2. The first-order chi connectivity index (χ1) is 13.2. The summed E-state index contributed by atoms with van der Waals surface area (Å²) in [5.41, 5.74) is 0.704. The molecule has 0 N–H and O–H groups in total. The molecule has 0 spiro atoms. The van der Waals surface area contributed by atoms with Crippen LogP contribution in [0.3, 0.4) is 0 Å². The van der Waals surface area contributed by atoms with E-state index in [4.69, 9.17) is 21.1 Å². The zero-order chi connectivity index (χ0) is 19.1. The van der Waals surface area contributed by atoms with E-state index in [-0.39, 0.29) is 12.0 Å². The molecule has 1 aromatic carbocycles. The summed E-state index contributed by atoms with van der Waals surface area (Å²) in [7, 11) is 1.75. The van der Waals surface area contributed by atoms with E-state index in [1.54, 1.807) is 19.2 Å². The molecule has 3 rings (SSSR count). The number of halogens is 1. The van der Waals surface area contributed by atoms with Crippen LogP contribution in [0.4, 0.5) is 0 Å². The molecule has 2 fully saturated rings. The number of carbonyl (C=O) groups is 1.